The monoisotopic (exact) mass is 405 g/mol. The number of amides is 1. The van der Waals surface area contributed by atoms with E-state index in [1.165, 1.54) is 43.9 Å². The van der Waals surface area contributed by atoms with Crippen LogP contribution >= 0.6 is 23.4 Å². The molecule has 2 aromatic rings. The van der Waals surface area contributed by atoms with Crippen LogP contribution in [0.4, 0.5) is 5.95 Å². The minimum atomic E-state index is -0.000167. The summed E-state index contributed by atoms with van der Waals surface area (Å²) in [5.74, 6) is 1.33. The van der Waals surface area contributed by atoms with Crippen molar-refractivity contribution in [1.29, 1.82) is 0 Å². The van der Waals surface area contributed by atoms with Crippen molar-refractivity contribution in [2.75, 3.05) is 23.7 Å². The van der Waals surface area contributed by atoms with Crippen molar-refractivity contribution in [1.82, 2.24) is 20.1 Å². The number of aromatic nitrogens is 3. The van der Waals surface area contributed by atoms with Crippen molar-refractivity contribution < 1.29 is 4.79 Å². The highest BCUT2D eigenvalue weighted by Gasteiger charge is 2.32. The van der Waals surface area contributed by atoms with Gasteiger partial charge in [-0.2, -0.15) is 0 Å². The van der Waals surface area contributed by atoms with E-state index in [2.05, 4.69) is 25.0 Å². The fraction of sp³-hybridized carbons (Fsp3) is 0.526. The van der Waals surface area contributed by atoms with Crippen LogP contribution in [0.1, 0.15) is 43.7 Å². The largest absolute Gasteiger partial charge is 0.351 e. The van der Waals surface area contributed by atoms with Gasteiger partial charge in [-0.1, -0.05) is 35.5 Å². The number of anilines is 1. The number of halogens is 1. The molecule has 144 valence electrons. The average molecular weight is 406 g/mol. The lowest BCUT2D eigenvalue weighted by atomic mass is 10.1. The molecule has 0 radical (unpaired) electrons. The zero-order chi connectivity index (χ0) is 18.6. The maximum atomic E-state index is 12.2. The Morgan fingerprint density at radius 3 is 2.59 bits per heavy atom. The quantitative estimate of drug-likeness (QED) is 0.712. The van der Waals surface area contributed by atoms with E-state index in [1.54, 1.807) is 0 Å². The maximum Gasteiger partial charge on any atom is 0.230 e. The maximum absolute atomic E-state index is 12.2. The topological polar surface area (TPSA) is 63.1 Å². The highest BCUT2D eigenvalue weighted by Crippen LogP contribution is 2.41. The molecule has 0 atom stereocenters. The van der Waals surface area contributed by atoms with Crippen LogP contribution in [0.25, 0.3) is 0 Å². The molecule has 1 saturated heterocycles. The Balaban J connectivity index is 1.34. The molecule has 0 unspecified atom stereocenters. The first kappa shape index (κ1) is 18.6. The summed E-state index contributed by atoms with van der Waals surface area (Å²) in [7, 11) is 0. The summed E-state index contributed by atoms with van der Waals surface area (Å²) < 4.78 is 2.25. The third kappa shape index (κ3) is 4.76. The van der Waals surface area contributed by atoms with Crippen LogP contribution < -0.4 is 10.2 Å². The molecule has 27 heavy (non-hydrogen) atoms. The van der Waals surface area contributed by atoms with E-state index in [-0.39, 0.29) is 5.91 Å². The van der Waals surface area contributed by atoms with Crippen LogP contribution in [-0.4, -0.2) is 39.5 Å². The molecule has 1 aliphatic heterocycles. The summed E-state index contributed by atoms with van der Waals surface area (Å²) in [4.78, 5) is 14.6. The number of nitrogens with one attached hydrogen (secondary N) is 1. The number of thioether (sulfide) groups is 1. The van der Waals surface area contributed by atoms with Crippen molar-refractivity contribution in [2.24, 2.45) is 0 Å². The Morgan fingerprint density at radius 2 is 1.89 bits per heavy atom. The number of carbonyl (C=O) groups is 1. The van der Waals surface area contributed by atoms with Gasteiger partial charge in [-0.3, -0.25) is 9.36 Å². The second-order valence-electron chi connectivity index (χ2n) is 7.12. The molecule has 0 spiro atoms. The van der Waals surface area contributed by atoms with Gasteiger partial charge in [-0.25, -0.2) is 0 Å². The summed E-state index contributed by atoms with van der Waals surface area (Å²) in [6.07, 6.45) is 6.08. The summed E-state index contributed by atoms with van der Waals surface area (Å²) in [6.45, 7) is 2.61. The summed E-state index contributed by atoms with van der Waals surface area (Å²) >= 11 is 7.36. The van der Waals surface area contributed by atoms with Gasteiger partial charge in [0.15, 0.2) is 5.16 Å². The standard InChI is InChI=1S/C19H24ClN5OS/c20-15-6-4-14(5-7-15)12-21-17(26)13-27-19-23-22-18(25(19)16-8-9-16)24-10-2-1-3-11-24/h4-7,16H,1-3,8-13H2,(H,21,26). The van der Waals surface area contributed by atoms with Gasteiger partial charge in [0.2, 0.25) is 11.9 Å². The molecule has 4 rings (SSSR count). The van der Waals surface area contributed by atoms with E-state index in [4.69, 9.17) is 11.6 Å². The minimum absolute atomic E-state index is 0.000167. The number of benzene rings is 1. The van der Waals surface area contributed by atoms with Crippen LogP contribution in [0.15, 0.2) is 29.4 Å². The molecule has 1 aromatic heterocycles. The molecule has 2 fully saturated rings. The highest BCUT2D eigenvalue weighted by atomic mass is 35.5. The predicted molar refractivity (Wildman–Crippen MR) is 108 cm³/mol. The SMILES string of the molecule is O=C(CSc1nnc(N2CCCCC2)n1C1CC1)NCc1ccc(Cl)cc1. The lowest BCUT2D eigenvalue weighted by Crippen LogP contribution is -2.32. The second-order valence-corrected chi connectivity index (χ2v) is 8.50. The van der Waals surface area contributed by atoms with Gasteiger partial charge in [-0.05, 0) is 49.8 Å². The lowest BCUT2D eigenvalue weighted by Gasteiger charge is -2.27. The van der Waals surface area contributed by atoms with Gasteiger partial charge in [-0.15, -0.1) is 10.2 Å². The van der Waals surface area contributed by atoms with E-state index in [0.29, 0.717) is 23.4 Å². The van der Waals surface area contributed by atoms with E-state index in [0.717, 1.165) is 29.8 Å². The van der Waals surface area contributed by atoms with Crippen molar-refractivity contribution in [3.05, 3.63) is 34.9 Å². The molecule has 1 aromatic carbocycles. The molecule has 8 heteroatoms. The van der Waals surface area contributed by atoms with Crippen molar-refractivity contribution in [2.45, 2.75) is 49.8 Å². The van der Waals surface area contributed by atoms with Crippen molar-refractivity contribution in [3.63, 3.8) is 0 Å². The number of hydrogen-bond donors (Lipinski definition) is 1. The first-order valence-corrected chi connectivity index (χ1v) is 10.9. The smallest absolute Gasteiger partial charge is 0.230 e. The Hall–Kier alpha value is -1.73. The number of hydrogen-bond acceptors (Lipinski definition) is 5. The third-order valence-corrected chi connectivity index (χ3v) is 6.13. The lowest BCUT2D eigenvalue weighted by molar-refractivity contribution is -0.118. The van der Waals surface area contributed by atoms with Crippen LogP contribution in [0.5, 0.6) is 0 Å². The van der Waals surface area contributed by atoms with Gasteiger partial charge in [0, 0.05) is 30.7 Å². The van der Waals surface area contributed by atoms with Crippen LogP contribution in [0.3, 0.4) is 0 Å². The predicted octanol–water partition coefficient (Wildman–Crippen LogP) is 3.67. The number of carbonyl (C=O) groups excluding carboxylic acids is 1. The van der Waals surface area contributed by atoms with Gasteiger partial charge < -0.3 is 10.2 Å². The first-order valence-electron chi connectivity index (χ1n) is 9.54. The fourth-order valence-corrected chi connectivity index (χ4v) is 4.27. The van der Waals surface area contributed by atoms with E-state index in [9.17, 15) is 4.79 Å². The molecular weight excluding hydrogens is 382 g/mol. The normalized spacial score (nSPS) is 17.1. The molecule has 1 aliphatic carbocycles. The molecule has 0 bridgehead atoms. The Bertz CT molecular complexity index is 784. The molecule has 6 nitrogen and oxygen atoms in total. The molecule has 1 N–H and O–H groups in total. The molecule has 2 aliphatic rings. The zero-order valence-corrected chi connectivity index (χ0v) is 16.8. The highest BCUT2D eigenvalue weighted by molar-refractivity contribution is 7.99. The van der Waals surface area contributed by atoms with Crippen molar-refractivity contribution in [3.8, 4) is 0 Å². The molecular formula is C19H24ClN5OS. The first-order chi connectivity index (χ1) is 13.2. The summed E-state index contributed by atoms with van der Waals surface area (Å²) in [6, 6.07) is 8.00. The zero-order valence-electron chi connectivity index (χ0n) is 15.2. The fourth-order valence-electron chi connectivity index (χ4n) is 3.31. The van der Waals surface area contributed by atoms with Gasteiger partial charge >= 0.3 is 0 Å². The molecule has 1 saturated carbocycles. The van der Waals surface area contributed by atoms with E-state index >= 15 is 0 Å². The third-order valence-electron chi connectivity index (χ3n) is 4.93. The van der Waals surface area contributed by atoms with Crippen molar-refractivity contribution >= 4 is 35.2 Å². The van der Waals surface area contributed by atoms with Crippen LogP contribution in [-0.2, 0) is 11.3 Å². The average Bonchev–Trinajstić information content (AvgIpc) is 3.45. The van der Waals surface area contributed by atoms with Crippen LogP contribution in [0, 0.1) is 0 Å². The number of rotatable bonds is 7. The second kappa shape index (κ2) is 8.52. The van der Waals surface area contributed by atoms with Gasteiger partial charge in [0.1, 0.15) is 0 Å². The van der Waals surface area contributed by atoms with Gasteiger partial charge in [0.25, 0.3) is 0 Å². The summed E-state index contributed by atoms with van der Waals surface area (Å²) in [5.41, 5.74) is 1.03. The molecule has 2 heterocycles. The van der Waals surface area contributed by atoms with E-state index in [1.807, 2.05) is 24.3 Å². The Morgan fingerprint density at radius 1 is 1.15 bits per heavy atom. The minimum Gasteiger partial charge on any atom is -0.351 e. The van der Waals surface area contributed by atoms with Gasteiger partial charge in [0.05, 0.1) is 5.75 Å². The number of nitrogens with zero attached hydrogens (tertiary/aromatic N) is 4. The number of piperidine rings is 1. The van der Waals surface area contributed by atoms with Crippen LogP contribution in [0.2, 0.25) is 5.02 Å². The van der Waals surface area contributed by atoms with E-state index < -0.39 is 0 Å². The molecule has 1 amide bonds. The Kier molecular flexibility index (Phi) is 5.88. The Labute approximate surface area is 168 Å². The summed E-state index contributed by atoms with van der Waals surface area (Å²) in [5, 5.41) is 13.4.